The Bertz CT molecular complexity index is 703. The highest BCUT2D eigenvalue weighted by Crippen LogP contribution is 2.16. The smallest absolute Gasteiger partial charge is 0.310 e. The zero-order valence-electron chi connectivity index (χ0n) is 13.8. The summed E-state index contributed by atoms with van der Waals surface area (Å²) in [7, 11) is 0. The quantitative estimate of drug-likeness (QED) is 0.345. The molecular weight excluding hydrogens is 306 g/mol. The van der Waals surface area contributed by atoms with E-state index in [1.54, 1.807) is 0 Å². The lowest BCUT2D eigenvalue weighted by atomic mass is 10.0. The Hall–Kier alpha value is -2.69. The van der Waals surface area contributed by atoms with E-state index in [9.17, 15) is 14.4 Å². The number of rotatable bonds is 8. The van der Waals surface area contributed by atoms with Gasteiger partial charge in [-0.15, -0.1) is 6.58 Å². The van der Waals surface area contributed by atoms with E-state index >= 15 is 0 Å². The molecule has 0 atom stereocenters. The van der Waals surface area contributed by atoms with Crippen LogP contribution in [0.25, 0.3) is 0 Å². The fourth-order valence-electron chi connectivity index (χ4n) is 2.52. The minimum absolute atomic E-state index is 0.138. The van der Waals surface area contributed by atoms with Crippen LogP contribution in [0.4, 0.5) is 0 Å². The summed E-state index contributed by atoms with van der Waals surface area (Å²) < 4.78 is 5.18. The van der Waals surface area contributed by atoms with Crippen molar-refractivity contribution in [3.63, 3.8) is 0 Å². The van der Waals surface area contributed by atoms with Gasteiger partial charge in [0.2, 0.25) is 0 Å². The zero-order valence-corrected chi connectivity index (χ0v) is 13.8. The summed E-state index contributed by atoms with van der Waals surface area (Å²) in [5.41, 5.74) is 3.47. The van der Waals surface area contributed by atoms with Crippen LogP contribution >= 0.6 is 0 Å². The minimum atomic E-state index is -0.531. The molecule has 24 heavy (non-hydrogen) atoms. The predicted molar refractivity (Wildman–Crippen MR) is 90.0 cm³/mol. The van der Waals surface area contributed by atoms with Crippen molar-refractivity contribution >= 4 is 17.8 Å². The van der Waals surface area contributed by atoms with Crippen LogP contribution in [0, 0.1) is 6.92 Å². The molecule has 0 unspecified atom stereocenters. The third-order valence-electron chi connectivity index (χ3n) is 3.83. The molecule has 5 heteroatoms. The van der Waals surface area contributed by atoms with Gasteiger partial charge < -0.3 is 4.74 Å². The standard InChI is InChI=1S/C19H21NO4/c1-3-4-5-6-15-8-7-14(9-13(15)2)12-24-18(22)11-16-10-17(21)20-19(16)23/h3,7-10H,1,4-6,11-12H2,2H3,(H,20,21,23). The normalized spacial score (nSPS) is 13.5. The van der Waals surface area contributed by atoms with Gasteiger partial charge in [0, 0.05) is 11.6 Å². The molecule has 0 aromatic heterocycles. The molecular formula is C19H21NO4. The first-order valence-corrected chi connectivity index (χ1v) is 7.90. The number of ether oxygens (including phenoxy) is 1. The van der Waals surface area contributed by atoms with Crippen LogP contribution in [-0.2, 0) is 32.1 Å². The zero-order chi connectivity index (χ0) is 17.5. The van der Waals surface area contributed by atoms with Gasteiger partial charge in [0.25, 0.3) is 11.8 Å². The summed E-state index contributed by atoms with van der Waals surface area (Å²) in [6, 6.07) is 5.99. The Balaban J connectivity index is 1.85. The predicted octanol–water partition coefficient (Wildman–Crippen LogP) is 2.52. The van der Waals surface area contributed by atoms with Gasteiger partial charge in [-0.05, 0) is 42.9 Å². The Kier molecular flexibility index (Phi) is 6.07. The second-order valence-corrected chi connectivity index (χ2v) is 5.77. The number of aryl methyl sites for hydroxylation is 2. The van der Waals surface area contributed by atoms with Crippen LogP contribution in [0.15, 0.2) is 42.5 Å². The van der Waals surface area contributed by atoms with Crippen molar-refractivity contribution in [2.75, 3.05) is 0 Å². The van der Waals surface area contributed by atoms with Crippen LogP contribution in [0.1, 0.15) is 36.0 Å². The monoisotopic (exact) mass is 327 g/mol. The maximum absolute atomic E-state index is 11.8. The van der Waals surface area contributed by atoms with Crippen molar-refractivity contribution in [3.05, 3.63) is 59.2 Å². The van der Waals surface area contributed by atoms with Crippen LogP contribution in [-0.4, -0.2) is 17.8 Å². The number of hydrogen-bond donors (Lipinski definition) is 1. The van der Waals surface area contributed by atoms with Crippen LogP contribution in [0.2, 0.25) is 0 Å². The van der Waals surface area contributed by atoms with Crippen molar-refractivity contribution < 1.29 is 19.1 Å². The highest BCUT2D eigenvalue weighted by molar-refractivity contribution is 6.17. The number of benzene rings is 1. The SMILES string of the molecule is C=CCCCc1ccc(COC(=O)CC2=CC(=O)NC2=O)cc1C. The average Bonchev–Trinajstić information content (AvgIpc) is 2.85. The number of amides is 2. The minimum Gasteiger partial charge on any atom is -0.461 e. The molecule has 0 radical (unpaired) electrons. The fourth-order valence-corrected chi connectivity index (χ4v) is 2.52. The number of imide groups is 1. The molecule has 0 aliphatic carbocycles. The number of carbonyl (C=O) groups is 3. The van der Waals surface area contributed by atoms with E-state index in [0.29, 0.717) is 0 Å². The van der Waals surface area contributed by atoms with Crippen molar-refractivity contribution in [2.45, 2.75) is 39.2 Å². The van der Waals surface area contributed by atoms with Crippen molar-refractivity contribution in [2.24, 2.45) is 0 Å². The first-order chi connectivity index (χ1) is 11.5. The number of esters is 1. The molecule has 1 N–H and O–H groups in total. The number of nitrogens with one attached hydrogen (secondary N) is 1. The van der Waals surface area contributed by atoms with E-state index < -0.39 is 17.8 Å². The van der Waals surface area contributed by atoms with Crippen molar-refractivity contribution in [1.82, 2.24) is 5.32 Å². The Morgan fingerprint density at radius 2 is 2.12 bits per heavy atom. The molecule has 1 aromatic rings. The van der Waals surface area contributed by atoms with Gasteiger partial charge in [-0.2, -0.15) is 0 Å². The average molecular weight is 327 g/mol. The van der Waals surface area contributed by atoms with E-state index in [0.717, 1.165) is 36.5 Å². The second-order valence-electron chi connectivity index (χ2n) is 5.77. The van der Waals surface area contributed by atoms with Crippen LogP contribution in [0.3, 0.4) is 0 Å². The maximum atomic E-state index is 11.8. The molecule has 0 saturated carbocycles. The summed E-state index contributed by atoms with van der Waals surface area (Å²) in [5, 5.41) is 2.10. The molecule has 0 spiro atoms. The van der Waals surface area contributed by atoms with Gasteiger partial charge >= 0.3 is 5.97 Å². The molecule has 1 aliphatic heterocycles. The lowest BCUT2D eigenvalue weighted by Gasteiger charge is -2.09. The number of allylic oxidation sites excluding steroid dienone is 1. The largest absolute Gasteiger partial charge is 0.461 e. The van der Waals surface area contributed by atoms with E-state index in [1.165, 1.54) is 5.56 Å². The molecule has 1 aromatic carbocycles. The first kappa shape index (κ1) is 17.7. The van der Waals surface area contributed by atoms with Gasteiger partial charge in [0.15, 0.2) is 0 Å². The number of hydrogen-bond acceptors (Lipinski definition) is 4. The summed E-state index contributed by atoms with van der Waals surface area (Å²) >= 11 is 0. The van der Waals surface area contributed by atoms with Gasteiger partial charge in [-0.25, -0.2) is 0 Å². The van der Waals surface area contributed by atoms with Crippen LogP contribution in [0.5, 0.6) is 0 Å². The topological polar surface area (TPSA) is 72.5 Å². The maximum Gasteiger partial charge on any atom is 0.310 e. The van der Waals surface area contributed by atoms with Crippen molar-refractivity contribution in [3.8, 4) is 0 Å². The Morgan fingerprint density at radius 1 is 1.33 bits per heavy atom. The Labute approximate surface area is 141 Å². The van der Waals surface area contributed by atoms with Gasteiger partial charge in [-0.3, -0.25) is 19.7 Å². The van der Waals surface area contributed by atoms with E-state index in [2.05, 4.69) is 11.9 Å². The van der Waals surface area contributed by atoms with Gasteiger partial charge in [0.1, 0.15) is 6.61 Å². The van der Waals surface area contributed by atoms with E-state index in [1.807, 2.05) is 31.2 Å². The van der Waals surface area contributed by atoms with E-state index in [4.69, 9.17) is 4.74 Å². The van der Waals surface area contributed by atoms with Crippen molar-refractivity contribution in [1.29, 1.82) is 0 Å². The second kappa shape index (κ2) is 8.24. The summed E-state index contributed by atoms with van der Waals surface area (Å²) in [4.78, 5) is 34.2. The molecule has 0 fully saturated rings. The number of carbonyl (C=O) groups excluding carboxylic acids is 3. The lowest BCUT2D eigenvalue weighted by molar-refractivity contribution is -0.144. The summed E-state index contributed by atoms with van der Waals surface area (Å²) in [6.07, 6.45) is 5.90. The van der Waals surface area contributed by atoms with Gasteiger partial charge in [0.05, 0.1) is 6.42 Å². The fraction of sp³-hybridized carbons (Fsp3) is 0.316. The molecule has 1 heterocycles. The Morgan fingerprint density at radius 3 is 2.75 bits per heavy atom. The van der Waals surface area contributed by atoms with E-state index in [-0.39, 0.29) is 18.6 Å². The molecule has 126 valence electrons. The molecule has 2 rings (SSSR count). The third-order valence-corrected chi connectivity index (χ3v) is 3.83. The van der Waals surface area contributed by atoms with Gasteiger partial charge in [-0.1, -0.05) is 24.3 Å². The molecule has 1 aliphatic rings. The molecule has 0 bridgehead atoms. The molecule has 0 saturated heterocycles. The summed E-state index contributed by atoms with van der Waals surface area (Å²) in [6.45, 7) is 5.90. The first-order valence-electron chi connectivity index (χ1n) is 7.90. The molecule has 2 amide bonds. The van der Waals surface area contributed by atoms with Crippen LogP contribution < -0.4 is 5.32 Å². The lowest BCUT2D eigenvalue weighted by Crippen LogP contribution is -2.23. The molecule has 5 nitrogen and oxygen atoms in total. The summed E-state index contributed by atoms with van der Waals surface area (Å²) in [5.74, 6) is -1.55. The number of unbranched alkanes of at least 4 members (excludes halogenated alkanes) is 1. The third kappa shape index (κ3) is 4.91. The highest BCUT2D eigenvalue weighted by atomic mass is 16.5. The highest BCUT2D eigenvalue weighted by Gasteiger charge is 2.23.